The average Bonchev–Trinajstić information content (AvgIpc) is 3.33. The van der Waals surface area contributed by atoms with Crippen LogP contribution in [0.1, 0.15) is 60.1 Å². The number of aliphatic hydroxyl groups is 1. The van der Waals surface area contributed by atoms with E-state index in [0.717, 1.165) is 52.2 Å². The number of carbonyl (C=O) groups excluding carboxylic acids is 3. The molecule has 0 aliphatic carbocycles. The number of piperidine rings is 1. The Hall–Kier alpha value is -7.00. The second kappa shape index (κ2) is 22.8. The lowest BCUT2D eigenvalue weighted by Crippen LogP contribution is -2.40. The zero-order valence-corrected chi connectivity index (χ0v) is 37.3. The molecule has 0 spiro atoms. The van der Waals surface area contributed by atoms with Crippen molar-refractivity contribution < 1.29 is 34.1 Å². The number of hydrogen-bond acceptors (Lipinski definition) is 10. The van der Waals surface area contributed by atoms with Gasteiger partial charge < -0.3 is 45.5 Å². The van der Waals surface area contributed by atoms with Crippen molar-refractivity contribution in [3.05, 3.63) is 159 Å². The monoisotopic (exact) mass is 894 g/mol. The quantitative estimate of drug-likeness (QED) is 0.0458. The summed E-state index contributed by atoms with van der Waals surface area (Å²) in [5.41, 5.74) is 6.83. The highest BCUT2D eigenvalue weighted by Crippen LogP contribution is 2.30. The fraction of sp³-hybridized carbons (Fsp3) is 0.308. The number of benzene rings is 5. The van der Waals surface area contributed by atoms with Crippen molar-refractivity contribution in [3.63, 3.8) is 0 Å². The number of likely N-dealkylation sites (tertiary alicyclic amines) is 1. The van der Waals surface area contributed by atoms with Crippen LogP contribution in [-0.2, 0) is 40.3 Å². The Bertz CT molecular complexity index is 2650. The predicted octanol–water partition coefficient (Wildman–Crippen LogP) is 6.74. The second-order valence-corrected chi connectivity index (χ2v) is 16.7. The number of amides is 3. The number of aromatic nitrogens is 1. The van der Waals surface area contributed by atoms with E-state index in [9.17, 15) is 29.4 Å². The van der Waals surface area contributed by atoms with Crippen LogP contribution >= 0.6 is 0 Å². The van der Waals surface area contributed by atoms with E-state index in [1.807, 2.05) is 104 Å². The Balaban J connectivity index is 0.782. The zero-order chi connectivity index (χ0) is 46.4. The number of aliphatic hydroxyl groups excluding tert-OH is 1. The first-order valence-corrected chi connectivity index (χ1v) is 22.4. The molecule has 14 heteroatoms. The van der Waals surface area contributed by atoms with Gasteiger partial charge in [-0.1, -0.05) is 91.0 Å². The van der Waals surface area contributed by atoms with Crippen LogP contribution in [0.15, 0.2) is 126 Å². The largest absolute Gasteiger partial charge is 0.506 e. The van der Waals surface area contributed by atoms with Gasteiger partial charge in [0.1, 0.15) is 17.6 Å². The standard InChI is InChI=1S/C52H58N6O8/c1-34(53-33-46(60)42-17-19-45(59)51-43(42)18-21-49(62)57-51)28-39-29-37(16-20-47(39)65-2)32-55-50(63)30-35-12-14-36(15-13-35)31-54-48(61)24-27-58-25-22-40(23-26-58)66-52(64)56-44-11-7-6-10-41(44)38-8-4-3-5-9-38/h3-21,29,34,40,46,53,59-60H,22-28,30-33H2,1-2H3,(H,54,61)(H,55,63)(H,56,64)(H,57,62)/t34?,46-/m1/s1. The molecule has 1 aliphatic rings. The molecule has 6 aromatic rings. The van der Waals surface area contributed by atoms with Crippen LogP contribution < -0.4 is 31.6 Å². The van der Waals surface area contributed by atoms with Crippen molar-refractivity contribution in [2.75, 3.05) is 38.6 Å². The lowest BCUT2D eigenvalue weighted by Gasteiger charge is -2.31. The number of methoxy groups -OCH3 is 1. The molecule has 0 radical (unpaired) electrons. The fourth-order valence-electron chi connectivity index (χ4n) is 8.25. The number of pyridine rings is 1. The van der Waals surface area contributed by atoms with Crippen molar-refractivity contribution in [1.82, 2.24) is 25.8 Å². The molecule has 0 bridgehead atoms. The highest BCUT2D eigenvalue weighted by Gasteiger charge is 2.23. The molecule has 3 amide bonds. The minimum atomic E-state index is -0.888. The predicted molar refractivity (Wildman–Crippen MR) is 255 cm³/mol. The van der Waals surface area contributed by atoms with Crippen LogP contribution in [0.2, 0.25) is 0 Å². The fourth-order valence-corrected chi connectivity index (χ4v) is 8.25. The molecule has 344 valence electrons. The van der Waals surface area contributed by atoms with Crippen LogP contribution in [0.4, 0.5) is 10.5 Å². The van der Waals surface area contributed by atoms with Gasteiger partial charge in [-0.05, 0) is 83.8 Å². The minimum Gasteiger partial charge on any atom is -0.506 e. The summed E-state index contributed by atoms with van der Waals surface area (Å²) in [5.74, 6) is 0.496. The highest BCUT2D eigenvalue weighted by atomic mass is 16.6. The van der Waals surface area contributed by atoms with Crippen LogP contribution in [0.5, 0.6) is 11.5 Å². The van der Waals surface area contributed by atoms with E-state index >= 15 is 0 Å². The van der Waals surface area contributed by atoms with Gasteiger partial charge in [-0.3, -0.25) is 19.7 Å². The molecular formula is C52H58N6O8. The Morgan fingerprint density at radius 2 is 1.52 bits per heavy atom. The third kappa shape index (κ3) is 13.1. The molecule has 1 unspecified atom stereocenters. The SMILES string of the molecule is COc1ccc(CNC(=O)Cc2ccc(CNC(=O)CCN3CCC(OC(=O)Nc4ccccc4-c4ccccc4)CC3)cc2)cc1CC(C)NC[C@@H](O)c1ccc(O)c2[nH]c(=O)ccc12. The lowest BCUT2D eigenvalue weighted by molar-refractivity contribution is -0.122. The number of carbonyl (C=O) groups is 3. The number of hydrogen-bond donors (Lipinski definition) is 7. The van der Waals surface area contributed by atoms with Crippen molar-refractivity contribution in [2.24, 2.45) is 0 Å². The van der Waals surface area contributed by atoms with Gasteiger partial charge in [0.15, 0.2) is 0 Å². The third-order valence-corrected chi connectivity index (χ3v) is 11.9. The minimum absolute atomic E-state index is 0.0423. The molecule has 2 atom stereocenters. The van der Waals surface area contributed by atoms with Gasteiger partial charge in [0.05, 0.1) is 30.8 Å². The third-order valence-electron chi connectivity index (χ3n) is 11.9. The lowest BCUT2D eigenvalue weighted by atomic mass is 10.0. The number of aromatic amines is 1. The number of fused-ring (bicyclic) bond motifs is 1. The Labute approximate surface area is 384 Å². The first-order valence-electron chi connectivity index (χ1n) is 22.4. The van der Waals surface area contributed by atoms with Gasteiger partial charge in [0.2, 0.25) is 17.4 Å². The van der Waals surface area contributed by atoms with Crippen molar-refractivity contribution >= 4 is 34.5 Å². The molecule has 1 aromatic heterocycles. The molecule has 5 aromatic carbocycles. The number of H-pyrrole nitrogens is 1. The van der Waals surface area contributed by atoms with E-state index in [1.54, 1.807) is 19.2 Å². The van der Waals surface area contributed by atoms with Gasteiger partial charge >= 0.3 is 6.09 Å². The van der Waals surface area contributed by atoms with Crippen LogP contribution in [0.3, 0.4) is 0 Å². The number of anilines is 1. The number of phenols is 1. The second-order valence-electron chi connectivity index (χ2n) is 16.7. The van der Waals surface area contributed by atoms with Crippen molar-refractivity contribution in [3.8, 4) is 22.6 Å². The van der Waals surface area contributed by atoms with Gasteiger partial charge in [0, 0.05) is 68.7 Å². The summed E-state index contributed by atoms with van der Waals surface area (Å²) >= 11 is 0. The number of para-hydroxylation sites is 1. The number of ether oxygens (including phenoxy) is 2. The molecule has 1 fully saturated rings. The summed E-state index contributed by atoms with van der Waals surface area (Å²) in [6.45, 7) is 5.07. The van der Waals surface area contributed by atoms with E-state index in [0.29, 0.717) is 62.0 Å². The Kier molecular flexibility index (Phi) is 16.2. The smallest absolute Gasteiger partial charge is 0.411 e. The molecule has 1 aliphatic heterocycles. The van der Waals surface area contributed by atoms with Gasteiger partial charge in [-0.25, -0.2) is 4.79 Å². The Morgan fingerprint density at radius 1 is 0.818 bits per heavy atom. The molecule has 66 heavy (non-hydrogen) atoms. The number of phenolic OH excluding ortho intramolecular Hbond substituents is 1. The van der Waals surface area contributed by atoms with E-state index in [1.165, 1.54) is 12.1 Å². The normalized spacial score (nSPS) is 14.0. The summed E-state index contributed by atoms with van der Waals surface area (Å²) in [6.07, 6.45) is 1.02. The maximum Gasteiger partial charge on any atom is 0.411 e. The number of nitrogens with one attached hydrogen (secondary N) is 5. The average molecular weight is 895 g/mol. The van der Waals surface area contributed by atoms with E-state index in [4.69, 9.17) is 9.47 Å². The van der Waals surface area contributed by atoms with E-state index in [-0.39, 0.29) is 53.8 Å². The highest BCUT2D eigenvalue weighted by molar-refractivity contribution is 5.91. The zero-order valence-electron chi connectivity index (χ0n) is 37.3. The molecule has 0 saturated carbocycles. The van der Waals surface area contributed by atoms with Gasteiger partial charge in [-0.2, -0.15) is 0 Å². The summed E-state index contributed by atoms with van der Waals surface area (Å²) in [6, 6.07) is 37.0. The number of nitrogens with zero attached hydrogens (tertiary/aromatic N) is 1. The topological polar surface area (TPSA) is 194 Å². The summed E-state index contributed by atoms with van der Waals surface area (Å²) in [4.78, 5) is 55.1. The summed E-state index contributed by atoms with van der Waals surface area (Å²) in [5, 5.41) is 34.1. The molecular weight excluding hydrogens is 837 g/mol. The first kappa shape index (κ1) is 47.0. The molecule has 1 saturated heterocycles. The molecule has 14 nitrogen and oxygen atoms in total. The molecule has 7 rings (SSSR count). The van der Waals surface area contributed by atoms with E-state index in [2.05, 4.69) is 31.2 Å². The molecule has 2 heterocycles. The van der Waals surface area contributed by atoms with Crippen LogP contribution in [0, 0.1) is 0 Å². The number of aromatic hydroxyl groups is 1. The van der Waals surface area contributed by atoms with Crippen LogP contribution in [0.25, 0.3) is 22.0 Å². The van der Waals surface area contributed by atoms with Gasteiger partial charge in [-0.15, -0.1) is 0 Å². The summed E-state index contributed by atoms with van der Waals surface area (Å²) < 4.78 is 11.4. The van der Waals surface area contributed by atoms with Crippen molar-refractivity contribution in [1.29, 1.82) is 0 Å². The molecule has 7 N–H and O–H groups in total. The van der Waals surface area contributed by atoms with Gasteiger partial charge in [0.25, 0.3) is 0 Å². The maximum absolute atomic E-state index is 13.0. The number of rotatable bonds is 19. The van der Waals surface area contributed by atoms with Crippen LogP contribution in [-0.4, -0.2) is 83.4 Å². The summed E-state index contributed by atoms with van der Waals surface area (Å²) in [7, 11) is 1.61. The first-order chi connectivity index (χ1) is 32.0. The van der Waals surface area contributed by atoms with E-state index < -0.39 is 12.2 Å². The van der Waals surface area contributed by atoms with Crippen molar-refractivity contribution in [2.45, 2.75) is 70.4 Å². The Morgan fingerprint density at radius 3 is 2.29 bits per heavy atom. The maximum atomic E-state index is 13.0.